The normalized spacial score (nSPS) is 11.3. The van der Waals surface area contributed by atoms with E-state index in [9.17, 15) is 4.79 Å². The van der Waals surface area contributed by atoms with Crippen molar-refractivity contribution >= 4 is 5.91 Å². The van der Waals surface area contributed by atoms with Crippen LogP contribution < -0.4 is 5.32 Å². The van der Waals surface area contributed by atoms with Crippen LogP contribution in [0, 0.1) is 0 Å². The molecule has 0 aliphatic rings. The maximum absolute atomic E-state index is 11.4. The van der Waals surface area contributed by atoms with Crippen LogP contribution in [0.5, 0.6) is 0 Å². The molecule has 4 heteroatoms. The molecule has 0 aliphatic carbocycles. The molecule has 0 fully saturated rings. The summed E-state index contributed by atoms with van der Waals surface area (Å²) in [5.41, 5.74) is 0.723. The average Bonchev–Trinajstić information content (AvgIpc) is 2.29. The number of nitrogens with one attached hydrogen (secondary N) is 1. The first-order valence-electron chi connectivity index (χ1n) is 5.95. The highest BCUT2D eigenvalue weighted by molar-refractivity contribution is 5.77. The van der Waals surface area contributed by atoms with E-state index in [0.717, 1.165) is 5.56 Å². The number of ether oxygens (including phenoxy) is 2. The van der Waals surface area contributed by atoms with Crippen LogP contribution in [0.3, 0.4) is 0 Å². The molecule has 0 aromatic heterocycles. The van der Waals surface area contributed by atoms with Crippen LogP contribution in [-0.2, 0) is 20.9 Å². The number of hydrogen-bond acceptors (Lipinski definition) is 3. The third kappa shape index (κ3) is 5.80. The maximum Gasteiger partial charge on any atom is 0.246 e. The molecule has 1 aromatic rings. The second-order valence-corrected chi connectivity index (χ2v) is 4.84. The predicted molar refractivity (Wildman–Crippen MR) is 70.2 cm³/mol. The van der Waals surface area contributed by atoms with E-state index >= 15 is 0 Å². The van der Waals surface area contributed by atoms with Crippen molar-refractivity contribution in [1.29, 1.82) is 0 Å². The maximum atomic E-state index is 11.4. The summed E-state index contributed by atoms with van der Waals surface area (Å²) in [7, 11) is 1.50. The fourth-order valence-electron chi connectivity index (χ4n) is 1.58. The van der Waals surface area contributed by atoms with Crippen molar-refractivity contribution in [2.24, 2.45) is 0 Å². The van der Waals surface area contributed by atoms with Gasteiger partial charge < -0.3 is 14.8 Å². The number of carbonyl (C=O) groups excluding carboxylic acids is 1. The zero-order valence-electron chi connectivity index (χ0n) is 11.2. The highest BCUT2D eigenvalue weighted by atomic mass is 16.5. The molecular formula is C14H21NO3. The monoisotopic (exact) mass is 251 g/mol. The molecule has 0 heterocycles. The van der Waals surface area contributed by atoms with Crippen LogP contribution in [0.1, 0.15) is 19.4 Å². The molecule has 1 aromatic carbocycles. The van der Waals surface area contributed by atoms with E-state index in [1.807, 2.05) is 44.2 Å². The second kappa shape index (κ2) is 7.13. The Labute approximate surface area is 108 Å². The van der Waals surface area contributed by atoms with Crippen LogP contribution in [0.25, 0.3) is 0 Å². The fraction of sp³-hybridized carbons (Fsp3) is 0.500. The minimum absolute atomic E-state index is 0.0715. The first kappa shape index (κ1) is 14.7. The van der Waals surface area contributed by atoms with Gasteiger partial charge in [0.25, 0.3) is 0 Å². The number of carbonyl (C=O) groups is 1. The highest BCUT2D eigenvalue weighted by Crippen LogP contribution is 2.06. The van der Waals surface area contributed by atoms with Crippen molar-refractivity contribution in [3.63, 3.8) is 0 Å². The summed E-state index contributed by atoms with van der Waals surface area (Å²) in [6.45, 7) is 4.92. The lowest BCUT2D eigenvalue weighted by molar-refractivity contribution is -0.127. The van der Waals surface area contributed by atoms with Crippen molar-refractivity contribution in [2.45, 2.75) is 26.0 Å². The lowest BCUT2D eigenvalue weighted by Crippen LogP contribution is -2.48. The van der Waals surface area contributed by atoms with Crippen LogP contribution in [0.2, 0.25) is 0 Å². The second-order valence-electron chi connectivity index (χ2n) is 4.84. The fourth-order valence-corrected chi connectivity index (χ4v) is 1.58. The van der Waals surface area contributed by atoms with Gasteiger partial charge in [-0.25, -0.2) is 0 Å². The summed E-state index contributed by atoms with van der Waals surface area (Å²) in [6.07, 6.45) is 0. The van der Waals surface area contributed by atoms with Crippen molar-refractivity contribution in [2.75, 3.05) is 20.3 Å². The summed E-state index contributed by atoms with van der Waals surface area (Å²) in [5.74, 6) is -0.134. The van der Waals surface area contributed by atoms with Crippen LogP contribution in [-0.4, -0.2) is 31.8 Å². The minimum atomic E-state index is -0.398. The molecule has 0 atom stereocenters. The quantitative estimate of drug-likeness (QED) is 0.803. The van der Waals surface area contributed by atoms with Gasteiger partial charge in [0.05, 0.1) is 18.8 Å². The zero-order chi connectivity index (χ0) is 13.4. The summed E-state index contributed by atoms with van der Waals surface area (Å²) in [5, 5.41) is 2.85. The Hall–Kier alpha value is -1.39. The third-order valence-electron chi connectivity index (χ3n) is 2.33. The van der Waals surface area contributed by atoms with Crippen molar-refractivity contribution in [1.82, 2.24) is 5.32 Å². The van der Waals surface area contributed by atoms with Crippen LogP contribution in [0.15, 0.2) is 30.3 Å². The standard InChI is InChI=1S/C14H21NO3/c1-14(2,15-13(16)10-17-3)11-18-9-12-7-5-4-6-8-12/h4-8H,9-11H2,1-3H3,(H,15,16). The van der Waals surface area contributed by atoms with Gasteiger partial charge in [0.2, 0.25) is 5.91 Å². The number of hydrogen-bond donors (Lipinski definition) is 1. The highest BCUT2D eigenvalue weighted by Gasteiger charge is 2.20. The van der Waals surface area contributed by atoms with E-state index in [1.54, 1.807) is 0 Å². The van der Waals surface area contributed by atoms with Crippen LogP contribution in [0.4, 0.5) is 0 Å². The molecule has 0 bridgehead atoms. The molecule has 0 unspecified atom stereocenters. The molecule has 1 amide bonds. The van der Waals surface area contributed by atoms with Gasteiger partial charge in [-0.2, -0.15) is 0 Å². The zero-order valence-corrected chi connectivity index (χ0v) is 11.2. The van der Waals surface area contributed by atoms with Gasteiger partial charge in [-0.3, -0.25) is 4.79 Å². The number of rotatable bonds is 7. The molecule has 1 N–H and O–H groups in total. The van der Waals surface area contributed by atoms with Gasteiger partial charge in [-0.1, -0.05) is 30.3 Å². The van der Waals surface area contributed by atoms with E-state index in [-0.39, 0.29) is 12.5 Å². The Morgan fingerprint density at radius 2 is 1.94 bits per heavy atom. The smallest absolute Gasteiger partial charge is 0.246 e. The summed E-state index contributed by atoms with van der Waals surface area (Å²) in [6, 6.07) is 9.94. The van der Waals surface area contributed by atoms with Crippen molar-refractivity contribution in [3.05, 3.63) is 35.9 Å². The molecule has 0 spiro atoms. The summed E-state index contributed by atoms with van der Waals surface area (Å²) < 4.78 is 10.4. The molecule has 100 valence electrons. The number of amides is 1. The molecule has 0 aliphatic heterocycles. The summed E-state index contributed by atoms with van der Waals surface area (Å²) >= 11 is 0. The Balaban J connectivity index is 2.31. The van der Waals surface area contributed by atoms with E-state index in [1.165, 1.54) is 7.11 Å². The molecule has 1 rings (SSSR count). The van der Waals surface area contributed by atoms with E-state index < -0.39 is 5.54 Å². The number of methoxy groups -OCH3 is 1. The van der Waals surface area contributed by atoms with E-state index in [0.29, 0.717) is 13.2 Å². The lowest BCUT2D eigenvalue weighted by atomic mass is 10.1. The minimum Gasteiger partial charge on any atom is -0.375 e. The molecule has 0 radical (unpaired) electrons. The number of benzene rings is 1. The Bertz CT molecular complexity index is 363. The predicted octanol–water partition coefficient (Wildman–Crippen LogP) is 1.74. The van der Waals surface area contributed by atoms with Gasteiger partial charge in [0.15, 0.2) is 0 Å². The molecular weight excluding hydrogens is 230 g/mol. The van der Waals surface area contributed by atoms with Crippen molar-refractivity contribution < 1.29 is 14.3 Å². The summed E-state index contributed by atoms with van der Waals surface area (Å²) in [4.78, 5) is 11.4. The third-order valence-corrected chi connectivity index (χ3v) is 2.33. The Morgan fingerprint density at radius 3 is 2.56 bits per heavy atom. The first-order chi connectivity index (χ1) is 8.53. The van der Waals surface area contributed by atoms with Gasteiger partial charge in [0, 0.05) is 7.11 Å². The molecule has 4 nitrogen and oxygen atoms in total. The van der Waals surface area contributed by atoms with Gasteiger partial charge in [-0.05, 0) is 19.4 Å². The van der Waals surface area contributed by atoms with Gasteiger partial charge >= 0.3 is 0 Å². The average molecular weight is 251 g/mol. The molecule has 0 saturated carbocycles. The van der Waals surface area contributed by atoms with Crippen molar-refractivity contribution in [3.8, 4) is 0 Å². The van der Waals surface area contributed by atoms with Gasteiger partial charge in [-0.15, -0.1) is 0 Å². The van der Waals surface area contributed by atoms with E-state index in [4.69, 9.17) is 9.47 Å². The van der Waals surface area contributed by atoms with Gasteiger partial charge in [0.1, 0.15) is 6.61 Å². The molecule has 18 heavy (non-hydrogen) atoms. The Kier molecular flexibility index (Phi) is 5.82. The van der Waals surface area contributed by atoms with E-state index in [2.05, 4.69) is 5.32 Å². The van der Waals surface area contributed by atoms with Crippen LogP contribution >= 0.6 is 0 Å². The first-order valence-corrected chi connectivity index (χ1v) is 5.95. The largest absolute Gasteiger partial charge is 0.375 e. The lowest BCUT2D eigenvalue weighted by Gasteiger charge is -2.26. The topological polar surface area (TPSA) is 47.6 Å². The molecule has 0 saturated heterocycles. The Morgan fingerprint density at radius 1 is 1.28 bits per heavy atom. The SMILES string of the molecule is COCC(=O)NC(C)(C)COCc1ccccc1.